The summed E-state index contributed by atoms with van der Waals surface area (Å²) in [6.45, 7) is 0. The Kier molecular flexibility index (Phi) is 1.76. The molecule has 0 fully saturated rings. The van der Waals surface area contributed by atoms with Crippen molar-refractivity contribution in [1.82, 2.24) is 0 Å². The van der Waals surface area contributed by atoms with Crippen LogP contribution in [0.3, 0.4) is 0 Å². The van der Waals surface area contributed by atoms with Crippen molar-refractivity contribution >= 4 is 25.3 Å². The zero-order chi connectivity index (χ0) is 7.56. The third-order valence-electron chi connectivity index (χ3n) is 1.30. The molecule has 0 saturated carbocycles. The molecule has 48 valence electrons. The fourth-order valence-corrected chi connectivity index (χ4v) is 0.704. The third kappa shape index (κ3) is 1.03. The molecule has 0 saturated heterocycles. The second-order valence-corrected chi connectivity index (χ2v) is 1.97. The smallest absolute Gasteiger partial charge is 0.152 e. The Morgan fingerprint density at radius 3 is 2.70 bits per heavy atom. The minimum Gasteiger partial charge on any atom is -0.399 e. The van der Waals surface area contributed by atoms with Gasteiger partial charge in [-0.2, -0.15) is 0 Å². The molecule has 1 aromatic rings. The Bertz CT molecular complexity index is 260. The molecule has 0 unspecified atom stereocenters. The predicted molar refractivity (Wildman–Crippen MR) is 41.6 cm³/mol. The van der Waals surface area contributed by atoms with Crippen LogP contribution in [0.1, 0.15) is 10.4 Å². The van der Waals surface area contributed by atoms with Gasteiger partial charge in [-0.15, -0.1) is 0 Å². The normalized spacial score (nSPS) is 9.20. The molecule has 0 aliphatic rings. The minimum atomic E-state index is 0.359. The molecular weight excluding hydrogens is 125 g/mol. The summed E-state index contributed by atoms with van der Waals surface area (Å²) in [4.78, 5) is 10.2. The van der Waals surface area contributed by atoms with Crippen LogP contribution >= 0.6 is 0 Å². The molecule has 0 aliphatic carbocycles. The van der Waals surface area contributed by atoms with Crippen molar-refractivity contribution < 1.29 is 4.79 Å². The van der Waals surface area contributed by atoms with E-state index in [0.717, 1.165) is 0 Å². The number of para-hydroxylation sites is 1. The molecule has 0 aromatic heterocycles. The monoisotopic (exact) mass is 131 g/mol. The van der Waals surface area contributed by atoms with Gasteiger partial charge in [-0.25, -0.2) is 0 Å². The SMILES string of the molecule is [B]c1cccc(C=O)c1N. The lowest BCUT2D eigenvalue weighted by Gasteiger charge is -2.00. The first-order valence-electron chi connectivity index (χ1n) is 2.85. The number of benzene rings is 1. The number of hydrogen-bond acceptors (Lipinski definition) is 2. The summed E-state index contributed by atoms with van der Waals surface area (Å²) in [6.07, 6.45) is 0.686. The summed E-state index contributed by atoms with van der Waals surface area (Å²) in [6, 6.07) is 4.97. The number of hydrogen-bond donors (Lipinski definition) is 1. The number of carbonyl (C=O) groups is 1. The van der Waals surface area contributed by atoms with Gasteiger partial charge in [0.2, 0.25) is 0 Å². The van der Waals surface area contributed by atoms with Crippen LogP contribution in [0.2, 0.25) is 0 Å². The molecule has 0 bridgehead atoms. The van der Waals surface area contributed by atoms with Crippen LogP contribution in [-0.4, -0.2) is 14.1 Å². The highest BCUT2D eigenvalue weighted by Crippen LogP contribution is 2.02. The number of aldehydes is 1. The van der Waals surface area contributed by atoms with Crippen LogP contribution < -0.4 is 11.2 Å². The summed E-state index contributed by atoms with van der Waals surface area (Å²) in [7, 11) is 5.41. The maximum absolute atomic E-state index is 10.2. The van der Waals surface area contributed by atoms with Gasteiger partial charge in [0, 0.05) is 11.3 Å². The largest absolute Gasteiger partial charge is 0.399 e. The summed E-state index contributed by atoms with van der Waals surface area (Å²) in [5, 5.41) is 0. The molecule has 1 rings (SSSR count). The zero-order valence-corrected chi connectivity index (χ0v) is 5.37. The van der Waals surface area contributed by atoms with Crippen molar-refractivity contribution in [3.63, 3.8) is 0 Å². The Morgan fingerprint density at radius 2 is 2.20 bits per heavy atom. The molecule has 0 heterocycles. The van der Waals surface area contributed by atoms with Crippen molar-refractivity contribution in [2.45, 2.75) is 0 Å². The highest BCUT2D eigenvalue weighted by atomic mass is 16.1. The van der Waals surface area contributed by atoms with E-state index in [4.69, 9.17) is 13.6 Å². The van der Waals surface area contributed by atoms with E-state index in [1.165, 1.54) is 0 Å². The van der Waals surface area contributed by atoms with E-state index in [0.29, 0.717) is 23.0 Å². The fourth-order valence-electron chi connectivity index (χ4n) is 0.704. The molecule has 10 heavy (non-hydrogen) atoms. The quantitative estimate of drug-likeness (QED) is 0.328. The van der Waals surface area contributed by atoms with E-state index in [1.54, 1.807) is 18.2 Å². The highest BCUT2D eigenvalue weighted by molar-refractivity contribution is 6.36. The Morgan fingerprint density at radius 1 is 1.50 bits per heavy atom. The summed E-state index contributed by atoms with van der Waals surface area (Å²) in [5.41, 5.74) is 6.69. The van der Waals surface area contributed by atoms with E-state index in [9.17, 15) is 4.79 Å². The standard InChI is InChI=1S/C7H6BNO/c8-6-3-1-2-5(4-10)7(6)9/h1-4H,9H2. The molecule has 2 radical (unpaired) electrons. The number of nitrogens with two attached hydrogens (primary N) is 1. The first-order valence-corrected chi connectivity index (χ1v) is 2.85. The zero-order valence-electron chi connectivity index (χ0n) is 5.37. The van der Waals surface area contributed by atoms with Gasteiger partial charge in [0.15, 0.2) is 6.29 Å². The second-order valence-electron chi connectivity index (χ2n) is 1.97. The van der Waals surface area contributed by atoms with E-state index < -0.39 is 0 Å². The third-order valence-corrected chi connectivity index (χ3v) is 1.30. The van der Waals surface area contributed by atoms with Gasteiger partial charge in [-0.05, 0) is 6.07 Å². The lowest BCUT2D eigenvalue weighted by molar-refractivity contribution is 0.112. The lowest BCUT2D eigenvalue weighted by Crippen LogP contribution is -2.11. The van der Waals surface area contributed by atoms with Crippen LogP contribution in [0, 0.1) is 0 Å². The predicted octanol–water partition coefficient (Wildman–Crippen LogP) is -0.125. The number of carbonyl (C=O) groups excluding carboxylic acids is 1. The van der Waals surface area contributed by atoms with Crippen molar-refractivity contribution in [1.29, 1.82) is 0 Å². The average Bonchev–Trinajstić information content (AvgIpc) is 1.95. The molecule has 2 N–H and O–H groups in total. The first-order chi connectivity index (χ1) is 4.75. The van der Waals surface area contributed by atoms with Crippen LogP contribution in [0.4, 0.5) is 5.69 Å². The molecular formula is C7H6BNO. The Balaban J connectivity index is 3.27. The van der Waals surface area contributed by atoms with Crippen molar-refractivity contribution in [2.24, 2.45) is 0 Å². The first kappa shape index (κ1) is 6.87. The minimum absolute atomic E-state index is 0.359. The molecule has 0 spiro atoms. The Hall–Kier alpha value is -1.25. The van der Waals surface area contributed by atoms with Gasteiger partial charge in [0.25, 0.3) is 0 Å². The van der Waals surface area contributed by atoms with Gasteiger partial charge in [-0.1, -0.05) is 17.6 Å². The molecule has 0 amide bonds. The number of nitrogen functional groups attached to an aromatic ring is 1. The van der Waals surface area contributed by atoms with Crippen LogP contribution in [0.5, 0.6) is 0 Å². The van der Waals surface area contributed by atoms with Crippen LogP contribution in [0.25, 0.3) is 0 Å². The van der Waals surface area contributed by atoms with E-state index in [-0.39, 0.29) is 0 Å². The van der Waals surface area contributed by atoms with Crippen molar-refractivity contribution in [2.75, 3.05) is 5.73 Å². The van der Waals surface area contributed by atoms with Gasteiger partial charge in [0.1, 0.15) is 7.85 Å². The summed E-state index contributed by atoms with van der Waals surface area (Å²) < 4.78 is 0. The van der Waals surface area contributed by atoms with Gasteiger partial charge < -0.3 is 5.73 Å². The lowest BCUT2D eigenvalue weighted by atomic mass is 9.92. The fraction of sp³-hybridized carbons (Fsp3) is 0. The molecule has 3 heteroatoms. The second kappa shape index (κ2) is 2.56. The topological polar surface area (TPSA) is 43.1 Å². The van der Waals surface area contributed by atoms with Crippen molar-refractivity contribution in [3.05, 3.63) is 23.8 Å². The van der Waals surface area contributed by atoms with Crippen molar-refractivity contribution in [3.8, 4) is 0 Å². The highest BCUT2D eigenvalue weighted by Gasteiger charge is 1.96. The van der Waals surface area contributed by atoms with Gasteiger partial charge in [0.05, 0.1) is 0 Å². The maximum atomic E-state index is 10.2. The van der Waals surface area contributed by atoms with Crippen LogP contribution in [-0.2, 0) is 0 Å². The molecule has 0 aliphatic heterocycles. The van der Waals surface area contributed by atoms with Gasteiger partial charge >= 0.3 is 0 Å². The number of anilines is 1. The molecule has 2 nitrogen and oxygen atoms in total. The maximum Gasteiger partial charge on any atom is 0.152 e. The summed E-state index contributed by atoms with van der Waals surface area (Å²) >= 11 is 0. The van der Waals surface area contributed by atoms with Gasteiger partial charge in [-0.3, -0.25) is 4.79 Å². The molecule has 0 atom stereocenters. The average molecular weight is 131 g/mol. The van der Waals surface area contributed by atoms with E-state index in [2.05, 4.69) is 0 Å². The summed E-state index contributed by atoms with van der Waals surface area (Å²) in [5.74, 6) is 0. The van der Waals surface area contributed by atoms with E-state index in [1.807, 2.05) is 0 Å². The Labute approximate surface area is 60.4 Å². The molecule has 1 aromatic carbocycles. The van der Waals surface area contributed by atoms with E-state index >= 15 is 0 Å². The van der Waals surface area contributed by atoms with Crippen LogP contribution in [0.15, 0.2) is 18.2 Å². The number of rotatable bonds is 1.